The van der Waals surface area contributed by atoms with E-state index in [4.69, 9.17) is 4.74 Å². The van der Waals surface area contributed by atoms with Crippen LogP contribution in [-0.2, 0) is 9.53 Å². The molecule has 0 aliphatic heterocycles. The standard InChI is InChI=1S/C26H38N2O2S/c1-5-10-21(28-15-8-9-16-28)18-24(31-25-11-6-7-14-27-25)26(29)30-23-17-20(4)12-13-22(23)19(2)3/h6-9,11,14-16,19-24H,5,10,12-13,17-18H2,1-4H3/t20-,21+,22+,23-,24+/m1/s1. The van der Waals surface area contributed by atoms with E-state index >= 15 is 0 Å². The lowest BCUT2D eigenvalue weighted by Gasteiger charge is -2.37. The van der Waals surface area contributed by atoms with Gasteiger partial charge in [0.2, 0.25) is 0 Å². The largest absolute Gasteiger partial charge is 0.461 e. The summed E-state index contributed by atoms with van der Waals surface area (Å²) in [6, 6.07) is 10.3. The van der Waals surface area contributed by atoms with Crippen LogP contribution >= 0.6 is 11.8 Å². The maximum absolute atomic E-state index is 13.5. The zero-order valence-corrected chi connectivity index (χ0v) is 20.3. The van der Waals surface area contributed by atoms with Crippen molar-refractivity contribution in [2.75, 3.05) is 0 Å². The Labute approximate surface area is 192 Å². The second-order valence-corrected chi connectivity index (χ2v) is 10.6. The first kappa shape index (κ1) is 23.9. The molecule has 0 unspecified atom stereocenters. The monoisotopic (exact) mass is 442 g/mol. The molecule has 0 radical (unpaired) electrons. The van der Waals surface area contributed by atoms with E-state index in [9.17, 15) is 4.79 Å². The molecule has 0 spiro atoms. The number of aromatic nitrogens is 2. The Bertz CT molecular complexity index is 778. The number of carbonyl (C=O) groups is 1. The molecule has 0 N–H and O–H groups in total. The second-order valence-electron chi connectivity index (χ2n) is 9.38. The van der Waals surface area contributed by atoms with Crippen LogP contribution in [0, 0.1) is 17.8 Å². The summed E-state index contributed by atoms with van der Waals surface area (Å²) in [4.78, 5) is 18.0. The Balaban J connectivity index is 1.78. The van der Waals surface area contributed by atoms with Crippen molar-refractivity contribution in [1.29, 1.82) is 0 Å². The zero-order chi connectivity index (χ0) is 22.2. The predicted octanol–water partition coefficient (Wildman–Crippen LogP) is 6.78. The maximum Gasteiger partial charge on any atom is 0.319 e. The number of pyridine rings is 1. The minimum Gasteiger partial charge on any atom is -0.461 e. The van der Waals surface area contributed by atoms with Gasteiger partial charge in [0.1, 0.15) is 11.4 Å². The van der Waals surface area contributed by atoms with Gasteiger partial charge in [-0.1, -0.05) is 58.4 Å². The molecule has 4 nitrogen and oxygen atoms in total. The van der Waals surface area contributed by atoms with Crippen LogP contribution < -0.4 is 0 Å². The fraction of sp³-hybridized carbons (Fsp3) is 0.615. The van der Waals surface area contributed by atoms with Gasteiger partial charge in [0.15, 0.2) is 0 Å². The van der Waals surface area contributed by atoms with Crippen LogP contribution in [0.3, 0.4) is 0 Å². The summed E-state index contributed by atoms with van der Waals surface area (Å²) < 4.78 is 8.51. The number of carbonyl (C=O) groups excluding carboxylic acids is 1. The topological polar surface area (TPSA) is 44.1 Å². The van der Waals surface area contributed by atoms with Crippen LogP contribution in [-0.4, -0.2) is 26.9 Å². The third kappa shape index (κ3) is 6.86. The van der Waals surface area contributed by atoms with Crippen molar-refractivity contribution in [2.24, 2.45) is 17.8 Å². The average Bonchev–Trinajstić information content (AvgIpc) is 3.28. The minimum atomic E-state index is -0.265. The fourth-order valence-electron chi connectivity index (χ4n) is 4.79. The summed E-state index contributed by atoms with van der Waals surface area (Å²) in [5.41, 5.74) is 0. The SMILES string of the molecule is CCC[C@@H](C[C@H](Sc1ccccn1)C(=O)O[C@@H]1C[C@H](C)CC[C@H]1C(C)C)n1cccc1. The molecule has 5 atom stereocenters. The highest BCUT2D eigenvalue weighted by Crippen LogP contribution is 2.37. The van der Waals surface area contributed by atoms with E-state index in [1.165, 1.54) is 6.42 Å². The van der Waals surface area contributed by atoms with Gasteiger partial charge in [-0.15, -0.1) is 0 Å². The van der Waals surface area contributed by atoms with Crippen molar-refractivity contribution < 1.29 is 9.53 Å². The van der Waals surface area contributed by atoms with Crippen molar-refractivity contribution in [3.05, 3.63) is 48.9 Å². The van der Waals surface area contributed by atoms with Gasteiger partial charge in [0.05, 0.1) is 5.03 Å². The lowest BCUT2D eigenvalue weighted by atomic mass is 9.75. The molecule has 1 saturated carbocycles. The fourth-order valence-corrected chi connectivity index (χ4v) is 5.83. The van der Waals surface area contributed by atoms with E-state index in [0.717, 1.165) is 37.1 Å². The molecular weight excluding hydrogens is 404 g/mol. The second kappa shape index (κ2) is 11.8. The molecule has 170 valence electrons. The van der Waals surface area contributed by atoms with Gasteiger partial charge in [0, 0.05) is 24.6 Å². The summed E-state index contributed by atoms with van der Waals surface area (Å²) in [6.07, 6.45) is 12.2. The summed E-state index contributed by atoms with van der Waals surface area (Å²) in [5, 5.41) is 0.614. The van der Waals surface area contributed by atoms with Crippen LogP contribution in [0.25, 0.3) is 0 Å². The van der Waals surface area contributed by atoms with Crippen LogP contribution in [0.15, 0.2) is 53.9 Å². The lowest BCUT2D eigenvalue weighted by molar-refractivity contribution is -0.155. The summed E-state index contributed by atoms with van der Waals surface area (Å²) in [7, 11) is 0. The smallest absolute Gasteiger partial charge is 0.319 e. The molecule has 3 rings (SSSR count). The average molecular weight is 443 g/mol. The molecule has 2 heterocycles. The van der Waals surface area contributed by atoms with Crippen molar-refractivity contribution in [2.45, 2.75) is 88.6 Å². The van der Waals surface area contributed by atoms with Gasteiger partial charge in [0.25, 0.3) is 0 Å². The molecule has 0 bridgehead atoms. The van der Waals surface area contributed by atoms with E-state index in [0.29, 0.717) is 17.8 Å². The summed E-state index contributed by atoms with van der Waals surface area (Å²) in [6.45, 7) is 8.99. The van der Waals surface area contributed by atoms with Gasteiger partial charge in [-0.25, -0.2) is 4.98 Å². The minimum absolute atomic E-state index is 0.0271. The molecule has 1 fully saturated rings. The van der Waals surface area contributed by atoms with Gasteiger partial charge in [-0.3, -0.25) is 4.79 Å². The van der Waals surface area contributed by atoms with Crippen LogP contribution in [0.2, 0.25) is 0 Å². The van der Waals surface area contributed by atoms with Crippen molar-refractivity contribution in [3.63, 3.8) is 0 Å². The third-order valence-electron chi connectivity index (χ3n) is 6.55. The highest BCUT2D eigenvalue weighted by atomic mass is 32.2. The molecule has 0 saturated heterocycles. The molecule has 31 heavy (non-hydrogen) atoms. The number of esters is 1. The van der Waals surface area contributed by atoms with E-state index in [1.807, 2.05) is 18.2 Å². The highest BCUT2D eigenvalue weighted by molar-refractivity contribution is 8.00. The number of thioether (sulfide) groups is 1. The molecule has 2 aromatic rings. The molecular formula is C26H38N2O2S. The Morgan fingerprint density at radius 1 is 1.23 bits per heavy atom. The van der Waals surface area contributed by atoms with Crippen molar-refractivity contribution >= 4 is 17.7 Å². The number of hydrogen-bond donors (Lipinski definition) is 0. The highest BCUT2D eigenvalue weighted by Gasteiger charge is 2.36. The van der Waals surface area contributed by atoms with Gasteiger partial charge in [-0.05, 0) is 67.7 Å². The van der Waals surface area contributed by atoms with Crippen molar-refractivity contribution in [1.82, 2.24) is 9.55 Å². The van der Waals surface area contributed by atoms with E-state index in [1.54, 1.807) is 18.0 Å². The summed E-state index contributed by atoms with van der Waals surface area (Å²) >= 11 is 1.55. The number of hydrogen-bond acceptors (Lipinski definition) is 4. The molecule has 0 amide bonds. The number of ether oxygens (including phenoxy) is 1. The van der Waals surface area contributed by atoms with E-state index in [-0.39, 0.29) is 23.4 Å². The van der Waals surface area contributed by atoms with Crippen molar-refractivity contribution in [3.8, 4) is 0 Å². The Kier molecular flexibility index (Phi) is 9.06. The quantitative estimate of drug-likeness (QED) is 0.300. The van der Waals surface area contributed by atoms with Crippen LogP contribution in [0.4, 0.5) is 0 Å². The Morgan fingerprint density at radius 2 is 2.00 bits per heavy atom. The third-order valence-corrected chi connectivity index (χ3v) is 7.70. The maximum atomic E-state index is 13.5. The molecule has 5 heteroatoms. The number of rotatable bonds is 10. The first-order valence-corrected chi connectivity index (χ1v) is 12.8. The number of nitrogens with zero attached hydrogens (tertiary/aromatic N) is 2. The van der Waals surface area contributed by atoms with Gasteiger partial charge >= 0.3 is 5.97 Å². The molecule has 0 aromatic carbocycles. The molecule has 1 aliphatic rings. The predicted molar refractivity (Wildman–Crippen MR) is 128 cm³/mol. The Hall–Kier alpha value is -1.75. The Morgan fingerprint density at radius 3 is 2.65 bits per heavy atom. The van der Waals surface area contributed by atoms with E-state index < -0.39 is 0 Å². The molecule has 2 aromatic heterocycles. The van der Waals surface area contributed by atoms with E-state index in [2.05, 4.69) is 61.8 Å². The van der Waals surface area contributed by atoms with Crippen LogP contribution in [0.1, 0.15) is 72.3 Å². The molecule has 1 aliphatic carbocycles. The van der Waals surface area contributed by atoms with Crippen LogP contribution in [0.5, 0.6) is 0 Å². The van der Waals surface area contributed by atoms with Gasteiger partial charge < -0.3 is 9.30 Å². The first-order valence-electron chi connectivity index (χ1n) is 11.9. The summed E-state index contributed by atoms with van der Waals surface area (Å²) in [5.74, 6) is 1.52. The lowest BCUT2D eigenvalue weighted by Crippen LogP contribution is -2.38. The first-order chi connectivity index (χ1) is 15.0. The van der Waals surface area contributed by atoms with Gasteiger partial charge in [-0.2, -0.15) is 0 Å². The zero-order valence-electron chi connectivity index (χ0n) is 19.4. The normalized spacial score (nSPS) is 23.5.